The maximum absolute atomic E-state index is 13.1. The molecule has 8 heteroatoms. The summed E-state index contributed by atoms with van der Waals surface area (Å²) in [5.41, 5.74) is -0.638. The number of rotatable bonds is 1. The van der Waals surface area contributed by atoms with Crippen LogP contribution in [0.2, 0.25) is 0 Å². The molecule has 21 heavy (non-hydrogen) atoms. The minimum Gasteiger partial charge on any atom is -0.264 e. The third-order valence-electron chi connectivity index (χ3n) is 2.84. The molecule has 3 heterocycles. The minimum atomic E-state index is -4.61. The fourth-order valence-electron chi connectivity index (χ4n) is 1.91. The number of alkyl halides is 3. The first-order chi connectivity index (χ1) is 10.0. The van der Waals surface area contributed by atoms with Crippen molar-refractivity contribution >= 4 is 5.65 Å². The predicted octanol–water partition coefficient (Wildman–Crippen LogP) is 2.68. The monoisotopic (exact) mass is 289 g/mol. The molecule has 0 aliphatic carbocycles. The van der Waals surface area contributed by atoms with Crippen molar-refractivity contribution < 1.29 is 13.2 Å². The van der Waals surface area contributed by atoms with Gasteiger partial charge in [-0.15, -0.1) is 0 Å². The number of aromatic nitrogens is 4. The minimum absolute atomic E-state index is 0.0220. The fourth-order valence-corrected chi connectivity index (χ4v) is 1.91. The van der Waals surface area contributed by atoms with Crippen molar-refractivity contribution in [2.24, 2.45) is 0 Å². The fraction of sp³-hybridized carbons (Fsp3) is 0.0769. The van der Waals surface area contributed by atoms with Crippen LogP contribution in [0.5, 0.6) is 0 Å². The summed E-state index contributed by atoms with van der Waals surface area (Å²) in [5, 5.41) is 12.5. The van der Waals surface area contributed by atoms with Gasteiger partial charge in [-0.2, -0.15) is 23.5 Å². The van der Waals surface area contributed by atoms with Crippen molar-refractivity contribution in [1.82, 2.24) is 19.6 Å². The van der Waals surface area contributed by atoms with Crippen LogP contribution in [-0.2, 0) is 6.18 Å². The number of nitriles is 1. The summed E-state index contributed by atoms with van der Waals surface area (Å²) in [6, 6.07) is 5.85. The van der Waals surface area contributed by atoms with E-state index in [1.807, 2.05) is 0 Å². The molecule has 0 aliphatic rings. The van der Waals surface area contributed by atoms with Gasteiger partial charge in [-0.05, 0) is 18.2 Å². The molecule has 5 nitrogen and oxygen atoms in total. The summed E-state index contributed by atoms with van der Waals surface area (Å²) in [6.45, 7) is 0. The zero-order valence-electron chi connectivity index (χ0n) is 10.3. The number of halogens is 3. The average molecular weight is 289 g/mol. The highest BCUT2D eigenvalue weighted by atomic mass is 19.4. The lowest BCUT2D eigenvalue weighted by Gasteiger charge is -2.10. The molecule has 0 bridgehead atoms. The van der Waals surface area contributed by atoms with Crippen LogP contribution in [0.4, 0.5) is 13.2 Å². The van der Waals surface area contributed by atoms with Crippen molar-refractivity contribution in [2.45, 2.75) is 6.18 Å². The van der Waals surface area contributed by atoms with Crippen molar-refractivity contribution in [3.05, 3.63) is 48.0 Å². The second-order valence-electron chi connectivity index (χ2n) is 4.17. The van der Waals surface area contributed by atoms with Gasteiger partial charge < -0.3 is 0 Å². The first-order valence-corrected chi connectivity index (χ1v) is 5.77. The molecule has 3 aromatic heterocycles. The topological polar surface area (TPSA) is 66.9 Å². The molecule has 0 aliphatic heterocycles. The highest BCUT2D eigenvalue weighted by molar-refractivity contribution is 5.64. The zero-order chi connectivity index (χ0) is 15.0. The Kier molecular flexibility index (Phi) is 2.83. The van der Waals surface area contributed by atoms with Gasteiger partial charge in [-0.3, -0.25) is 4.98 Å². The second kappa shape index (κ2) is 4.56. The molecule has 0 unspecified atom stereocenters. The summed E-state index contributed by atoms with van der Waals surface area (Å²) in [7, 11) is 0. The van der Waals surface area contributed by atoms with E-state index in [0.717, 1.165) is 12.3 Å². The third-order valence-corrected chi connectivity index (χ3v) is 2.84. The number of fused-ring (bicyclic) bond motifs is 1. The van der Waals surface area contributed by atoms with E-state index < -0.39 is 11.9 Å². The lowest BCUT2D eigenvalue weighted by Crippen LogP contribution is -2.13. The Balaban J connectivity index is 2.36. The molecule has 0 atom stereocenters. The molecule has 0 radical (unpaired) electrons. The lowest BCUT2D eigenvalue weighted by atomic mass is 10.2. The Bertz CT molecular complexity index is 846. The van der Waals surface area contributed by atoms with Gasteiger partial charge in [0.2, 0.25) is 0 Å². The van der Waals surface area contributed by atoms with Gasteiger partial charge in [0.15, 0.2) is 11.3 Å². The van der Waals surface area contributed by atoms with E-state index >= 15 is 0 Å². The average Bonchev–Trinajstić information content (AvgIpc) is 2.89. The normalized spacial score (nSPS) is 11.5. The summed E-state index contributed by atoms with van der Waals surface area (Å²) in [4.78, 5) is 7.94. The SMILES string of the molecule is N#Cc1cnn2c(C(F)(F)F)cc(-c3cccnc3)nc12. The van der Waals surface area contributed by atoms with Gasteiger partial charge in [0.25, 0.3) is 0 Å². The first kappa shape index (κ1) is 13.1. The number of hydrogen-bond acceptors (Lipinski definition) is 4. The molecule has 0 saturated heterocycles. The van der Waals surface area contributed by atoms with Gasteiger partial charge in [-0.25, -0.2) is 9.50 Å². The van der Waals surface area contributed by atoms with Crippen molar-refractivity contribution in [3.63, 3.8) is 0 Å². The highest BCUT2D eigenvalue weighted by Crippen LogP contribution is 2.32. The van der Waals surface area contributed by atoms with Crippen molar-refractivity contribution in [1.29, 1.82) is 5.26 Å². The van der Waals surface area contributed by atoms with Crippen LogP contribution in [0.15, 0.2) is 36.8 Å². The van der Waals surface area contributed by atoms with Crippen LogP contribution in [0.3, 0.4) is 0 Å². The van der Waals surface area contributed by atoms with Gasteiger partial charge in [0, 0.05) is 18.0 Å². The van der Waals surface area contributed by atoms with Crippen LogP contribution in [-0.4, -0.2) is 19.6 Å². The maximum atomic E-state index is 13.1. The van der Waals surface area contributed by atoms with Crippen LogP contribution in [0.1, 0.15) is 11.3 Å². The molecule has 0 spiro atoms. The van der Waals surface area contributed by atoms with Gasteiger partial charge in [0.05, 0.1) is 11.9 Å². The molecule has 0 amide bonds. The van der Waals surface area contributed by atoms with Crippen molar-refractivity contribution in [2.75, 3.05) is 0 Å². The zero-order valence-corrected chi connectivity index (χ0v) is 10.3. The summed E-state index contributed by atoms with van der Waals surface area (Å²) in [6.07, 6.45) is -0.644. The molecule has 3 aromatic rings. The second-order valence-corrected chi connectivity index (χ2v) is 4.17. The highest BCUT2D eigenvalue weighted by Gasteiger charge is 2.35. The van der Waals surface area contributed by atoms with Gasteiger partial charge in [-0.1, -0.05) is 0 Å². The largest absolute Gasteiger partial charge is 0.433 e. The molecule has 0 aromatic carbocycles. The summed E-state index contributed by atoms with van der Waals surface area (Å²) < 4.78 is 40.0. The van der Waals surface area contributed by atoms with E-state index in [1.54, 1.807) is 18.2 Å². The molecular weight excluding hydrogens is 283 g/mol. The van der Waals surface area contributed by atoms with E-state index in [9.17, 15) is 13.2 Å². The van der Waals surface area contributed by atoms with Crippen molar-refractivity contribution in [3.8, 4) is 17.3 Å². The van der Waals surface area contributed by atoms with Gasteiger partial charge >= 0.3 is 6.18 Å². The Morgan fingerprint density at radius 1 is 1.24 bits per heavy atom. The van der Waals surface area contributed by atoms with E-state index in [1.165, 1.54) is 12.4 Å². The molecule has 0 N–H and O–H groups in total. The molecule has 3 rings (SSSR count). The summed E-state index contributed by atoms with van der Waals surface area (Å²) >= 11 is 0. The number of hydrogen-bond donors (Lipinski definition) is 0. The Labute approximate surface area is 116 Å². The number of pyridine rings is 1. The number of nitrogens with zero attached hydrogens (tertiary/aromatic N) is 5. The smallest absolute Gasteiger partial charge is 0.264 e. The van der Waals surface area contributed by atoms with E-state index in [0.29, 0.717) is 10.1 Å². The van der Waals surface area contributed by atoms with E-state index in [-0.39, 0.29) is 16.9 Å². The van der Waals surface area contributed by atoms with E-state index in [2.05, 4.69) is 15.1 Å². The van der Waals surface area contributed by atoms with Crippen LogP contribution in [0.25, 0.3) is 16.9 Å². The summed E-state index contributed by atoms with van der Waals surface area (Å²) in [5.74, 6) is 0. The molecule has 104 valence electrons. The Morgan fingerprint density at radius 2 is 2.05 bits per heavy atom. The van der Waals surface area contributed by atoms with Gasteiger partial charge in [0.1, 0.15) is 11.6 Å². The molecule has 0 saturated carbocycles. The maximum Gasteiger partial charge on any atom is 0.433 e. The predicted molar refractivity (Wildman–Crippen MR) is 65.9 cm³/mol. The Hall–Kier alpha value is -2.95. The van der Waals surface area contributed by atoms with Crippen LogP contribution >= 0.6 is 0 Å². The van der Waals surface area contributed by atoms with Crippen LogP contribution < -0.4 is 0 Å². The van der Waals surface area contributed by atoms with Crippen LogP contribution in [0, 0.1) is 11.3 Å². The Morgan fingerprint density at radius 3 is 2.67 bits per heavy atom. The third kappa shape index (κ3) is 2.18. The molecular formula is C13H6F3N5. The standard InChI is InChI=1S/C13H6F3N5/c14-13(15,16)11-4-10(8-2-1-3-18-6-8)20-12-9(5-17)7-19-21(11)12/h1-4,6-7H. The van der Waals surface area contributed by atoms with E-state index in [4.69, 9.17) is 5.26 Å². The molecule has 0 fully saturated rings. The lowest BCUT2D eigenvalue weighted by molar-refractivity contribution is -0.142. The first-order valence-electron chi connectivity index (χ1n) is 5.77. The quantitative estimate of drug-likeness (QED) is 0.690.